The van der Waals surface area contributed by atoms with Crippen molar-refractivity contribution in [2.75, 3.05) is 14.2 Å². The van der Waals surface area contributed by atoms with Crippen LogP contribution < -0.4 is 20.3 Å². The Morgan fingerprint density at radius 2 is 1.87 bits per heavy atom. The van der Waals surface area contributed by atoms with Gasteiger partial charge in [0, 0.05) is 18.3 Å². The lowest BCUT2D eigenvalue weighted by atomic mass is 10.2. The smallest absolute Gasteiger partial charge is 0.275 e. The van der Waals surface area contributed by atoms with Gasteiger partial charge < -0.3 is 19.2 Å². The van der Waals surface area contributed by atoms with Crippen molar-refractivity contribution in [3.05, 3.63) is 76.5 Å². The predicted molar refractivity (Wildman–Crippen MR) is 111 cm³/mol. The number of nitrogens with one attached hydrogen (secondary N) is 1. The number of benzene rings is 2. The van der Waals surface area contributed by atoms with Gasteiger partial charge in [0.05, 0.1) is 25.3 Å². The van der Waals surface area contributed by atoms with Crippen LogP contribution in [-0.2, 0) is 17.9 Å². The molecule has 1 N–H and O–H groups in total. The Morgan fingerprint density at radius 1 is 1.03 bits per heavy atom. The first-order chi connectivity index (χ1) is 14.5. The van der Waals surface area contributed by atoms with Crippen molar-refractivity contribution in [1.82, 2.24) is 14.3 Å². The molecule has 0 bridgehead atoms. The van der Waals surface area contributed by atoms with Crippen LogP contribution in [0.2, 0.25) is 0 Å². The van der Waals surface area contributed by atoms with Crippen LogP contribution in [0.15, 0.2) is 59.5 Å². The fourth-order valence-corrected chi connectivity index (χ4v) is 3.50. The van der Waals surface area contributed by atoms with Crippen LogP contribution in [0.25, 0.3) is 16.6 Å². The molecule has 1 amide bonds. The van der Waals surface area contributed by atoms with E-state index in [0.717, 1.165) is 5.56 Å². The molecule has 4 rings (SSSR count). The fraction of sp³-hybridized carbons (Fsp3) is 0.182. The number of ether oxygens (including phenoxy) is 2. The highest BCUT2D eigenvalue weighted by Crippen LogP contribution is 2.23. The van der Waals surface area contributed by atoms with Crippen LogP contribution >= 0.6 is 0 Å². The number of methoxy groups -OCH3 is 2. The van der Waals surface area contributed by atoms with Crippen molar-refractivity contribution in [3.63, 3.8) is 0 Å². The fourth-order valence-electron chi connectivity index (χ4n) is 3.50. The van der Waals surface area contributed by atoms with E-state index in [1.165, 1.54) is 16.7 Å². The molecule has 154 valence electrons. The number of nitrogens with zero attached hydrogens (tertiary/aromatic N) is 2. The third kappa shape index (κ3) is 3.47. The molecule has 0 unspecified atom stereocenters. The Labute approximate surface area is 171 Å². The zero-order valence-electron chi connectivity index (χ0n) is 16.5. The molecule has 2 heterocycles. The largest absolute Gasteiger partial charge is 0.497 e. The number of hydrogen-bond donors (Lipinski definition) is 1. The number of carbonyl (C=O) groups is 1. The van der Waals surface area contributed by atoms with Crippen LogP contribution in [-0.4, -0.2) is 29.1 Å². The van der Waals surface area contributed by atoms with Gasteiger partial charge in [-0.2, -0.15) is 0 Å². The summed E-state index contributed by atoms with van der Waals surface area (Å²) in [6, 6.07) is 12.9. The molecule has 0 aliphatic heterocycles. The molecule has 0 atom stereocenters. The summed E-state index contributed by atoms with van der Waals surface area (Å²) in [4.78, 5) is 25.6. The molecular formula is C22H20FN3O4. The van der Waals surface area contributed by atoms with Gasteiger partial charge in [-0.05, 0) is 48.5 Å². The van der Waals surface area contributed by atoms with E-state index in [9.17, 15) is 14.0 Å². The van der Waals surface area contributed by atoms with Gasteiger partial charge in [-0.1, -0.05) is 0 Å². The molecule has 7 nitrogen and oxygen atoms in total. The molecule has 4 aromatic rings. The van der Waals surface area contributed by atoms with Gasteiger partial charge >= 0.3 is 0 Å². The lowest BCUT2D eigenvalue weighted by Crippen LogP contribution is -2.33. The van der Waals surface area contributed by atoms with Crippen molar-refractivity contribution in [2.24, 2.45) is 0 Å². The summed E-state index contributed by atoms with van der Waals surface area (Å²) < 4.78 is 27.4. The summed E-state index contributed by atoms with van der Waals surface area (Å²) in [6.07, 6.45) is 1.73. The predicted octanol–water partition coefficient (Wildman–Crippen LogP) is 2.73. The Hall–Kier alpha value is -3.81. The van der Waals surface area contributed by atoms with Crippen LogP contribution in [0.5, 0.6) is 11.5 Å². The number of amides is 1. The summed E-state index contributed by atoms with van der Waals surface area (Å²) in [7, 11) is 3.10. The molecule has 8 heteroatoms. The minimum Gasteiger partial charge on any atom is -0.497 e. The van der Waals surface area contributed by atoms with Gasteiger partial charge in [0.2, 0.25) is 5.91 Å². The topological polar surface area (TPSA) is 74.0 Å². The van der Waals surface area contributed by atoms with E-state index in [4.69, 9.17) is 9.47 Å². The van der Waals surface area contributed by atoms with Gasteiger partial charge in [0.15, 0.2) is 0 Å². The number of rotatable bonds is 6. The van der Waals surface area contributed by atoms with Crippen molar-refractivity contribution in [2.45, 2.75) is 13.1 Å². The molecule has 0 saturated carbocycles. The second kappa shape index (κ2) is 7.90. The first kappa shape index (κ1) is 19.5. The zero-order valence-corrected chi connectivity index (χ0v) is 16.5. The van der Waals surface area contributed by atoms with Crippen molar-refractivity contribution < 1.29 is 18.7 Å². The number of halogens is 1. The molecule has 0 spiro atoms. The SMILES string of the molecule is COc1ccc(OC)c(CNC(=O)Cn2c(=O)c3cccn3c3ccc(F)cc32)c1. The molecular weight excluding hydrogens is 389 g/mol. The van der Waals surface area contributed by atoms with E-state index < -0.39 is 5.82 Å². The number of aromatic nitrogens is 2. The Kier molecular flexibility index (Phi) is 5.14. The summed E-state index contributed by atoms with van der Waals surface area (Å²) in [5.41, 5.74) is 1.76. The van der Waals surface area contributed by atoms with E-state index in [0.29, 0.717) is 28.0 Å². The Bertz CT molecular complexity index is 1310. The second-order valence-electron chi connectivity index (χ2n) is 6.74. The maximum absolute atomic E-state index is 13.9. The van der Waals surface area contributed by atoms with Gasteiger partial charge in [-0.25, -0.2) is 4.39 Å². The van der Waals surface area contributed by atoms with E-state index in [-0.39, 0.29) is 24.6 Å². The standard InChI is InChI=1S/C22H20FN3O4/c1-29-16-6-8-20(30-2)14(10-16)12-24-21(27)13-26-19-11-15(23)5-7-17(19)25-9-3-4-18(25)22(26)28/h3-11H,12-13H2,1-2H3,(H,24,27). The number of carbonyl (C=O) groups excluding carboxylic acids is 1. The molecule has 0 radical (unpaired) electrons. The average molecular weight is 409 g/mol. The van der Waals surface area contributed by atoms with Crippen LogP contribution in [0.3, 0.4) is 0 Å². The monoisotopic (exact) mass is 409 g/mol. The first-order valence-corrected chi connectivity index (χ1v) is 9.28. The summed E-state index contributed by atoms with van der Waals surface area (Å²) >= 11 is 0. The minimum absolute atomic E-state index is 0.188. The van der Waals surface area contributed by atoms with Gasteiger partial charge in [0.1, 0.15) is 29.4 Å². The van der Waals surface area contributed by atoms with Crippen molar-refractivity contribution in [3.8, 4) is 11.5 Å². The van der Waals surface area contributed by atoms with Crippen LogP contribution in [0, 0.1) is 5.82 Å². The van der Waals surface area contributed by atoms with Crippen molar-refractivity contribution in [1.29, 1.82) is 0 Å². The van der Waals surface area contributed by atoms with Gasteiger partial charge in [-0.3, -0.25) is 14.2 Å². The Morgan fingerprint density at radius 3 is 2.63 bits per heavy atom. The summed E-state index contributed by atoms with van der Waals surface area (Å²) in [5, 5.41) is 2.79. The second-order valence-corrected chi connectivity index (χ2v) is 6.74. The van der Waals surface area contributed by atoms with Gasteiger partial charge in [0.25, 0.3) is 5.56 Å². The minimum atomic E-state index is -0.483. The molecule has 0 aliphatic carbocycles. The molecule has 2 aromatic heterocycles. The Balaban J connectivity index is 1.64. The highest BCUT2D eigenvalue weighted by molar-refractivity contribution is 5.82. The summed E-state index contributed by atoms with van der Waals surface area (Å²) in [6.45, 7) is -0.0552. The third-order valence-corrected chi connectivity index (χ3v) is 4.97. The number of fused-ring (bicyclic) bond motifs is 3. The quantitative estimate of drug-likeness (QED) is 0.532. The van der Waals surface area contributed by atoms with Crippen LogP contribution in [0.1, 0.15) is 5.56 Å². The lowest BCUT2D eigenvalue weighted by molar-refractivity contribution is -0.121. The van der Waals surface area contributed by atoms with E-state index in [1.54, 1.807) is 61.2 Å². The van der Waals surface area contributed by atoms with Crippen LogP contribution in [0.4, 0.5) is 4.39 Å². The number of hydrogen-bond acceptors (Lipinski definition) is 4. The lowest BCUT2D eigenvalue weighted by Gasteiger charge is -2.14. The highest BCUT2D eigenvalue weighted by atomic mass is 19.1. The van der Waals surface area contributed by atoms with Crippen molar-refractivity contribution >= 4 is 22.5 Å². The normalized spacial score (nSPS) is 11.0. The third-order valence-electron chi connectivity index (χ3n) is 4.97. The highest BCUT2D eigenvalue weighted by Gasteiger charge is 2.15. The average Bonchev–Trinajstić information content (AvgIpc) is 3.25. The molecule has 30 heavy (non-hydrogen) atoms. The first-order valence-electron chi connectivity index (χ1n) is 9.28. The van der Waals surface area contributed by atoms with Gasteiger partial charge in [-0.15, -0.1) is 0 Å². The zero-order chi connectivity index (χ0) is 21.3. The van der Waals surface area contributed by atoms with E-state index in [1.807, 2.05) is 0 Å². The molecule has 0 fully saturated rings. The summed E-state index contributed by atoms with van der Waals surface area (Å²) in [5.74, 6) is 0.374. The maximum atomic E-state index is 13.9. The van der Waals surface area contributed by atoms with E-state index >= 15 is 0 Å². The van der Waals surface area contributed by atoms with E-state index in [2.05, 4.69) is 5.32 Å². The molecule has 0 saturated heterocycles. The molecule has 2 aromatic carbocycles. The molecule has 0 aliphatic rings. The maximum Gasteiger partial charge on any atom is 0.275 e.